The molecule has 1 aliphatic carbocycles. The van der Waals surface area contributed by atoms with Crippen molar-refractivity contribution in [1.82, 2.24) is 5.32 Å². The van der Waals surface area contributed by atoms with E-state index in [0.717, 1.165) is 35.4 Å². The third-order valence-corrected chi connectivity index (χ3v) is 6.86. The number of benzene rings is 1. The highest BCUT2D eigenvalue weighted by Gasteiger charge is 2.37. The Morgan fingerprint density at radius 1 is 1.07 bits per heavy atom. The van der Waals surface area contributed by atoms with E-state index in [1.54, 1.807) is 42.5 Å². The number of carbonyl (C=O) groups is 3. The van der Waals surface area contributed by atoms with E-state index < -0.39 is 17.9 Å². The first-order valence-electron chi connectivity index (χ1n) is 10.0. The van der Waals surface area contributed by atoms with Gasteiger partial charge in [0.05, 0.1) is 6.10 Å². The number of nitrogens with one attached hydrogen (secondary N) is 3. The van der Waals surface area contributed by atoms with Crippen molar-refractivity contribution in [2.45, 2.75) is 51.0 Å². The fourth-order valence-corrected chi connectivity index (χ4v) is 5.01. The molecule has 3 amide bonds. The number of thiophene rings is 1. The minimum absolute atomic E-state index is 0.195. The predicted molar refractivity (Wildman–Crippen MR) is 117 cm³/mol. The predicted octanol–water partition coefficient (Wildman–Crippen LogP) is 3.33. The van der Waals surface area contributed by atoms with Gasteiger partial charge in [-0.05, 0) is 50.1 Å². The first-order valence-corrected chi connectivity index (χ1v) is 10.9. The Balaban J connectivity index is 1.63. The van der Waals surface area contributed by atoms with Crippen LogP contribution in [0.15, 0.2) is 36.4 Å². The van der Waals surface area contributed by atoms with Gasteiger partial charge in [-0.1, -0.05) is 18.9 Å². The lowest BCUT2D eigenvalue weighted by molar-refractivity contribution is -0.136. The van der Waals surface area contributed by atoms with Gasteiger partial charge in [0.25, 0.3) is 0 Å². The normalized spacial score (nSPS) is 16.0. The fourth-order valence-electron chi connectivity index (χ4n) is 3.82. The molecular weight excluding hydrogens is 402 g/mol. The first-order chi connectivity index (χ1) is 14.3. The maximum atomic E-state index is 12.4. The summed E-state index contributed by atoms with van der Waals surface area (Å²) < 4.78 is 0. The lowest BCUT2D eigenvalue weighted by atomic mass is 9.84. The number of amides is 3. The van der Waals surface area contributed by atoms with Crippen LogP contribution in [0.4, 0.5) is 11.4 Å². The lowest BCUT2D eigenvalue weighted by Crippen LogP contribution is -2.43. The number of hydrogen-bond donors (Lipinski definition) is 4. The molecule has 1 atom stereocenters. The summed E-state index contributed by atoms with van der Waals surface area (Å²) in [6.45, 7) is 3.52. The van der Waals surface area contributed by atoms with Crippen LogP contribution in [0.25, 0.3) is 0 Å². The zero-order valence-corrected chi connectivity index (χ0v) is 18.0. The van der Waals surface area contributed by atoms with Crippen molar-refractivity contribution in [3.63, 3.8) is 0 Å². The van der Waals surface area contributed by atoms with Crippen LogP contribution in [-0.4, -0.2) is 29.4 Å². The highest BCUT2D eigenvalue weighted by molar-refractivity contribution is 7.12. The lowest BCUT2D eigenvalue weighted by Gasteiger charge is -2.28. The second kappa shape index (κ2) is 9.40. The molecule has 1 saturated carbocycles. The minimum Gasteiger partial charge on any atom is -0.388 e. The van der Waals surface area contributed by atoms with Crippen LogP contribution in [0.3, 0.4) is 0 Å². The van der Waals surface area contributed by atoms with Gasteiger partial charge >= 0.3 is 11.8 Å². The van der Waals surface area contributed by atoms with E-state index in [1.165, 1.54) is 6.92 Å². The molecule has 160 valence electrons. The minimum atomic E-state index is -0.751. The summed E-state index contributed by atoms with van der Waals surface area (Å²) in [7, 11) is 0. The Morgan fingerprint density at radius 2 is 1.73 bits per heavy atom. The molecule has 1 aromatic carbocycles. The molecule has 0 radical (unpaired) electrons. The van der Waals surface area contributed by atoms with Crippen LogP contribution < -0.4 is 16.0 Å². The molecule has 8 heteroatoms. The molecule has 0 saturated heterocycles. The van der Waals surface area contributed by atoms with Crippen molar-refractivity contribution >= 4 is 40.4 Å². The van der Waals surface area contributed by atoms with Gasteiger partial charge < -0.3 is 21.1 Å². The largest absolute Gasteiger partial charge is 0.388 e. The van der Waals surface area contributed by atoms with E-state index >= 15 is 0 Å². The molecule has 1 fully saturated rings. The molecule has 0 spiro atoms. The van der Waals surface area contributed by atoms with Gasteiger partial charge in [-0.15, -0.1) is 11.3 Å². The summed E-state index contributed by atoms with van der Waals surface area (Å²) in [5.74, 6) is -1.66. The van der Waals surface area contributed by atoms with Crippen LogP contribution in [0, 0.1) is 0 Å². The number of hydrogen-bond acceptors (Lipinski definition) is 5. The van der Waals surface area contributed by atoms with Gasteiger partial charge in [0.1, 0.15) is 0 Å². The molecule has 1 heterocycles. The van der Waals surface area contributed by atoms with Crippen molar-refractivity contribution < 1.29 is 19.5 Å². The quantitative estimate of drug-likeness (QED) is 0.528. The summed E-state index contributed by atoms with van der Waals surface area (Å²) in [4.78, 5) is 38.0. The standard InChI is InChI=1S/C22H27N3O4S/c1-14(26)18-8-9-19(30-18)22(10-3-4-11-22)13-23-20(28)21(29)25-17-7-5-6-16(12-17)24-15(2)27/h5-9,12,14,26H,3-4,10-11,13H2,1-2H3,(H,23,28)(H,24,27)(H,25,29). The van der Waals surface area contributed by atoms with Crippen molar-refractivity contribution in [3.8, 4) is 0 Å². The molecule has 1 aliphatic rings. The molecule has 0 aliphatic heterocycles. The second-order valence-electron chi connectivity index (χ2n) is 7.76. The highest BCUT2D eigenvalue weighted by Crippen LogP contribution is 2.44. The van der Waals surface area contributed by atoms with E-state index in [0.29, 0.717) is 17.9 Å². The fraction of sp³-hybridized carbons (Fsp3) is 0.409. The Hall–Kier alpha value is -2.71. The number of anilines is 2. The van der Waals surface area contributed by atoms with Crippen LogP contribution in [-0.2, 0) is 19.8 Å². The summed E-state index contributed by atoms with van der Waals surface area (Å²) in [6, 6.07) is 10.6. The molecule has 4 N–H and O–H groups in total. The third-order valence-electron chi connectivity index (χ3n) is 5.36. The van der Waals surface area contributed by atoms with Gasteiger partial charge in [0.2, 0.25) is 5.91 Å². The summed E-state index contributed by atoms with van der Waals surface area (Å²) in [5.41, 5.74) is 0.771. The van der Waals surface area contributed by atoms with E-state index in [2.05, 4.69) is 16.0 Å². The van der Waals surface area contributed by atoms with E-state index in [-0.39, 0.29) is 11.3 Å². The SMILES string of the molecule is CC(=O)Nc1cccc(NC(=O)C(=O)NCC2(c3ccc(C(C)O)s3)CCCC2)c1. The maximum Gasteiger partial charge on any atom is 0.313 e. The monoisotopic (exact) mass is 429 g/mol. The molecule has 2 aromatic rings. The molecule has 1 unspecified atom stereocenters. The Labute approximate surface area is 179 Å². The zero-order valence-electron chi connectivity index (χ0n) is 17.2. The number of carbonyl (C=O) groups excluding carboxylic acids is 3. The van der Waals surface area contributed by atoms with Crippen molar-refractivity contribution in [2.24, 2.45) is 0 Å². The van der Waals surface area contributed by atoms with E-state index in [9.17, 15) is 19.5 Å². The maximum absolute atomic E-state index is 12.4. The van der Waals surface area contributed by atoms with Gasteiger partial charge in [-0.3, -0.25) is 14.4 Å². The van der Waals surface area contributed by atoms with E-state index in [1.807, 2.05) is 12.1 Å². The average molecular weight is 430 g/mol. The molecule has 1 aromatic heterocycles. The third kappa shape index (κ3) is 5.25. The van der Waals surface area contributed by atoms with Crippen LogP contribution in [0.1, 0.15) is 55.4 Å². The van der Waals surface area contributed by atoms with Crippen LogP contribution >= 0.6 is 11.3 Å². The number of aliphatic hydroxyl groups excluding tert-OH is 1. The molecular formula is C22H27N3O4S. The summed E-state index contributed by atoms with van der Waals surface area (Å²) in [5, 5.41) is 17.8. The number of aliphatic hydroxyl groups is 1. The Bertz CT molecular complexity index is 932. The second-order valence-corrected chi connectivity index (χ2v) is 8.88. The Morgan fingerprint density at radius 3 is 2.33 bits per heavy atom. The molecule has 3 rings (SSSR count). The molecule has 0 bridgehead atoms. The van der Waals surface area contributed by atoms with Gasteiger partial charge in [0.15, 0.2) is 0 Å². The van der Waals surface area contributed by atoms with Gasteiger partial charge in [0, 0.05) is 40.0 Å². The van der Waals surface area contributed by atoms with Crippen molar-refractivity contribution in [2.75, 3.05) is 17.2 Å². The van der Waals surface area contributed by atoms with Crippen molar-refractivity contribution in [1.29, 1.82) is 0 Å². The Kier molecular flexibility index (Phi) is 6.89. The smallest absolute Gasteiger partial charge is 0.313 e. The van der Waals surface area contributed by atoms with Crippen molar-refractivity contribution in [3.05, 3.63) is 46.2 Å². The topological polar surface area (TPSA) is 108 Å². The van der Waals surface area contributed by atoms with Gasteiger partial charge in [-0.2, -0.15) is 0 Å². The summed E-state index contributed by atoms with van der Waals surface area (Å²) >= 11 is 1.57. The van der Waals surface area contributed by atoms with E-state index in [4.69, 9.17) is 0 Å². The van der Waals surface area contributed by atoms with Crippen LogP contribution in [0.5, 0.6) is 0 Å². The van der Waals surface area contributed by atoms with Gasteiger partial charge in [-0.25, -0.2) is 0 Å². The number of rotatable bonds is 6. The highest BCUT2D eigenvalue weighted by atomic mass is 32.1. The molecule has 7 nitrogen and oxygen atoms in total. The zero-order chi connectivity index (χ0) is 21.7. The average Bonchev–Trinajstić information content (AvgIpc) is 3.36. The first kappa shape index (κ1) is 22.0. The molecule has 30 heavy (non-hydrogen) atoms. The summed E-state index contributed by atoms with van der Waals surface area (Å²) in [6.07, 6.45) is 3.50. The van der Waals surface area contributed by atoms with Crippen LogP contribution in [0.2, 0.25) is 0 Å².